The Bertz CT molecular complexity index is 717. The highest BCUT2D eigenvalue weighted by molar-refractivity contribution is 5.70. The van der Waals surface area contributed by atoms with Gasteiger partial charge in [0.15, 0.2) is 11.5 Å². The summed E-state index contributed by atoms with van der Waals surface area (Å²) in [7, 11) is 0. The van der Waals surface area contributed by atoms with Crippen LogP contribution in [-0.4, -0.2) is 19.4 Å². The van der Waals surface area contributed by atoms with E-state index in [2.05, 4.69) is 12.2 Å². The highest BCUT2D eigenvalue weighted by atomic mass is 16.7. The maximum atomic E-state index is 12.1. The minimum absolute atomic E-state index is 0.154. The fourth-order valence-electron chi connectivity index (χ4n) is 3.12. The second-order valence-corrected chi connectivity index (χ2v) is 6.36. The molecular weight excluding hydrogens is 330 g/mol. The van der Waals surface area contributed by atoms with Gasteiger partial charge in [0.25, 0.3) is 0 Å². The van der Waals surface area contributed by atoms with Crippen LogP contribution in [0.15, 0.2) is 48.5 Å². The van der Waals surface area contributed by atoms with E-state index < -0.39 is 6.09 Å². The van der Waals surface area contributed by atoms with Gasteiger partial charge in [0.2, 0.25) is 6.79 Å². The number of fused-ring (bicyclic) bond motifs is 1. The van der Waals surface area contributed by atoms with Crippen molar-refractivity contribution in [3.8, 4) is 17.2 Å². The number of nitrogens with one attached hydrogen (secondary N) is 1. The first kappa shape index (κ1) is 18.1. The zero-order chi connectivity index (χ0) is 18.2. The summed E-state index contributed by atoms with van der Waals surface area (Å²) in [5.74, 6) is 2.26. The van der Waals surface area contributed by atoms with Crippen molar-refractivity contribution in [1.29, 1.82) is 0 Å². The van der Waals surface area contributed by atoms with Crippen LogP contribution in [0.4, 0.5) is 4.79 Å². The third-order valence-electron chi connectivity index (χ3n) is 4.47. The number of unbranched alkanes of at least 4 members (excludes halogenated alkanes) is 2. The van der Waals surface area contributed by atoms with Crippen LogP contribution in [0.25, 0.3) is 0 Å². The predicted octanol–water partition coefficient (Wildman–Crippen LogP) is 4.87. The molecule has 1 N–H and O–H groups in total. The largest absolute Gasteiger partial charge is 0.454 e. The van der Waals surface area contributed by atoms with Gasteiger partial charge in [-0.3, -0.25) is 0 Å². The average Bonchev–Trinajstić information content (AvgIpc) is 3.14. The summed E-state index contributed by atoms with van der Waals surface area (Å²) in [4.78, 5) is 12.1. The first-order chi connectivity index (χ1) is 12.8. The van der Waals surface area contributed by atoms with Gasteiger partial charge in [-0.1, -0.05) is 56.5 Å². The number of hydrogen-bond donors (Lipinski definition) is 1. The lowest BCUT2D eigenvalue weighted by molar-refractivity contribution is 0.172. The Morgan fingerprint density at radius 3 is 2.77 bits per heavy atom. The number of para-hydroxylation sites is 2. The van der Waals surface area contributed by atoms with Gasteiger partial charge in [0, 0.05) is 18.0 Å². The number of benzene rings is 2. The Morgan fingerprint density at radius 2 is 1.96 bits per heavy atom. The number of carbonyl (C=O) groups is 1. The molecular formula is C21H25NO4. The smallest absolute Gasteiger partial charge is 0.412 e. The van der Waals surface area contributed by atoms with Crippen LogP contribution < -0.4 is 19.5 Å². The summed E-state index contributed by atoms with van der Waals surface area (Å²) < 4.78 is 16.5. The summed E-state index contributed by atoms with van der Waals surface area (Å²) in [6.07, 6.45) is 3.95. The zero-order valence-electron chi connectivity index (χ0n) is 15.1. The first-order valence-electron chi connectivity index (χ1n) is 9.17. The molecule has 2 aromatic rings. The number of carbonyl (C=O) groups excluding carboxylic acids is 1. The Balaban J connectivity index is 1.65. The van der Waals surface area contributed by atoms with Crippen LogP contribution in [0, 0.1) is 0 Å². The van der Waals surface area contributed by atoms with Crippen molar-refractivity contribution in [1.82, 2.24) is 5.32 Å². The highest BCUT2D eigenvalue weighted by Gasteiger charge is 2.23. The van der Waals surface area contributed by atoms with Crippen molar-refractivity contribution >= 4 is 6.09 Å². The predicted molar refractivity (Wildman–Crippen MR) is 99.9 cm³/mol. The average molecular weight is 355 g/mol. The maximum Gasteiger partial charge on any atom is 0.412 e. The van der Waals surface area contributed by atoms with Gasteiger partial charge in [-0.05, 0) is 24.6 Å². The molecule has 26 heavy (non-hydrogen) atoms. The monoisotopic (exact) mass is 355 g/mol. The van der Waals surface area contributed by atoms with E-state index >= 15 is 0 Å². The Morgan fingerprint density at radius 1 is 1.12 bits per heavy atom. The molecule has 0 bridgehead atoms. The molecule has 0 saturated carbocycles. The summed E-state index contributed by atoms with van der Waals surface area (Å²) in [6.45, 7) is 2.92. The minimum Gasteiger partial charge on any atom is -0.454 e. The molecule has 0 unspecified atom stereocenters. The zero-order valence-corrected chi connectivity index (χ0v) is 15.1. The molecule has 0 spiro atoms. The van der Waals surface area contributed by atoms with Gasteiger partial charge in [0.1, 0.15) is 5.75 Å². The van der Waals surface area contributed by atoms with Crippen molar-refractivity contribution < 1.29 is 19.0 Å². The second-order valence-electron chi connectivity index (χ2n) is 6.36. The van der Waals surface area contributed by atoms with Crippen LogP contribution in [0.5, 0.6) is 17.2 Å². The molecule has 0 fully saturated rings. The Hall–Kier alpha value is -2.69. The molecule has 1 amide bonds. The number of rotatable bonds is 8. The van der Waals surface area contributed by atoms with Crippen LogP contribution in [0.2, 0.25) is 0 Å². The standard InChI is InChI=1S/C21H25NO4/c1-2-3-5-9-16(18-12-8-13-19-20(18)25-15-24-19)14-22-21(23)26-17-10-6-4-7-11-17/h4,6-8,10-13,16H,2-3,5,9,14-15H2,1H3,(H,22,23)/t16-/m0/s1. The van der Waals surface area contributed by atoms with Crippen LogP contribution >= 0.6 is 0 Å². The van der Waals surface area contributed by atoms with E-state index in [1.54, 1.807) is 12.1 Å². The Kier molecular flexibility index (Phi) is 6.36. The molecule has 0 saturated heterocycles. The van der Waals surface area contributed by atoms with Crippen molar-refractivity contribution in [3.63, 3.8) is 0 Å². The van der Waals surface area contributed by atoms with E-state index in [1.165, 1.54) is 0 Å². The van der Waals surface area contributed by atoms with E-state index in [-0.39, 0.29) is 12.7 Å². The van der Waals surface area contributed by atoms with Gasteiger partial charge >= 0.3 is 6.09 Å². The van der Waals surface area contributed by atoms with Crippen LogP contribution in [-0.2, 0) is 0 Å². The summed E-state index contributed by atoms with van der Waals surface area (Å²) in [5, 5.41) is 2.89. The molecule has 2 aromatic carbocycles. The normalized spacial score (nSPS) is 13.3. The first-order valence-corrected chi connectivity index (χ1v) is 9.17. The molecule has 0 radical (unpaired) electrons. The van der Waals surface area contributed by atoms with Crippen LogP contribution in [0.1, 0.15) is 44.1 Å². The molecule has 3 rings (SSSR count). The highest BCUT2D eigenvalue weighted by Crippen LogP contribution is 2.40. The Labute approximate surface area is 154 Å². The van der Waals surface area contributed by atoms with Crippen molar-refractivity contribution in [2.45, 2.75) is 38.5 Å². The lowest BCUT2D eigenvalue weighted by Crippen LogP contribution is -2.31. The molecule has 5 nitrogen and oxygen atoms in total. The fourth-order valence-corrected chi connectivity index (χ4v) is 3.12. The molecule has 138 valence electrons. The number of ether oxygens (including phenoxy) is 3. The molecule has 0 aliphatic carbocycles. The molecule has 0 aromatic heterocycles. The van der Waals surface area contributed by atoms with Crippen molar-refractivity contribution in [3.05, 3.63) is 54.1 Å². The van der Waals surface area contributed by atoms with Gasteiger partial charge < -0.3 is 19.5 Å². The van der Waals surface area contributed by atoms with Crippen molar-refractivity contribution in [2.75, 3.05) is 13.3 Å². The second kappa shape index (κ2) is 9.13. The summed E-state index contributed by atoms with van der Waals surface area (Å²) in [5.41, 5.74) is 1.08. The van der Waals surface area contributed by atoms with E-state index in [9.17, 15) is 4.79 Å². The quantitative estimate of drug-likeness (QED) is 0.687. The topological polar surface area (TPSA) is 56.8 Å². The van der Waals surface area contributed by atoms with Crippen molar-refractivity contribution in [2.24, 2.45) is 0 Å². The number of amides is 1. The van der Waals surface area contributed by atoms with Crippen LogP contribution in [0.3, 0.4) is 0 Å². The van der Waals surface area contributed by atoms with Gasteiger partial charge in [-0.15, -0.1) is 0 Å². The molecule has 5 heteroatoms. The van der Waals surface area contributed by atoms with Gasteiger partial charge in [-0.2, -0.15) is 0 Å². The van der Waals surface area contributed by atoms with E-state index in [1.807, 2.05) is 36.4 Å². The molecule has 1 aliphatic rings. The lowest BCUT2D eigenvalue weighted by Gasteiger charge is -2.19. The summed E-state index contributed by atoms with van der Waals surface area (Å²) in [6, 6.07) is 15.0. The molecule has 1 atom stereocenters. The fraction of sp³-hybridized carbons (Fsp3) is 0.381. The minimum atomic E-state index is -0.443. The maximum absolute atomic E-state index is 12.1. The van der Waals surface area contributed by atoms with E-state index in [0.29, 0.717) is 12.3 Å². The SMILES string of the molecule is CCCCC[C@@H](CNC(=O)Oc1ccccc1)c1cccc2c1OCO2. The molecule has 1 heterocycles. The van der Waals surface area contributed by atoms with Gasteiger partial charge in [-0.25, -0.2) is 4.79 Å². The lowest BCUT2D eigenvalue weighted by atomic mass is 9.92. The number of hydrogen-bond acceptors (Lipinski definition) is 4. The summed E-state index contributed by atoms with van der Waals surface area (Å²) >= 11 is 0. The van der Waals surface area contributed by atoms with E-state index in [4.69, 9.17) is 14.2 Å². The third kappa shape index (κ3) is 4.69. The van der Waals surface area contributed by atoms with Gasteiger partial charge in [0.05, 0.1) is 0 Å². The van der Waals surface area contributed by atoms with E-state index in [0.717, 1.165) is 42.7 Å². The third-order valence-corrected chi connectivity index (χ3v) is 4.47. The molecule has 1 aliphatic heterocycles.